The Balaban J connectivity index is 1.68. The fraction of sp³-hybridized carbons (Fsp3) is 0.462. The number of rotatable bonds is 7. The van der Waals surface area contributed by atoms with E-state index in [9.17, 15) is 14.4 Å². The molecule has 3 rings (SSSR count). The monoisotopic (exact) mass is 468 g/mol. The normalized spacial score (nSPS) is 20.8. The Labute approximate surface area is 200 Å². The molecule has 1 aliphatic rings. The van der Waals surface area contributed by atoms with E-state index in [4.69, 9.17) is 14.2 Å². The van der Waals surface area contributed by atoms with E-state index < -0.39 is 23.9 Å². The highest BCUT2D eigenvalue weighted by Gasteiger charge is 2.31. The summed E-state index contributed by atoms with van der Waals surface area (Å²) in [7, 11) is 1.40. The SMILES string of the molecule is COc1ccnc(C(=O)N[C@H]2CCCC[C@@H](CCc3ccccc3)[C@H](C)OC2=O)c1OC(C)=O. The number of methoxy groups -OCH3 is 1. The van der Waals surface area contributed by atoms with Crippen LogP contribution in [0, 0.1) is 5.92 Å². The van der Waals surface area contributed by atoms with E-state index in [0.717, 1.165) is 32.1 Å². The number of pyridine rings is 1. The third-order valence-electron chi connectivity index (χ3n) is 6.07. The van der Waals surface area contributed by atoms with E-state index in [1.54, 1.807) is 0 Å². The van der Waals surface area contributed by atoms with Gasteiger partial charge in [-0.15, -0.1) is 0 Å². The van der Waals surface area contributed by atoms with Gasteiger partial charge in [-0.2, -0.15) is 0 Å². The van der Waals surface area contributed by atoms with Crippen LogP contribution in [0.5, 0.6) is 11.5 Å². The van der Waals surface area contributed by atoms with Gasteiger partial charge in [0.1, 0.15) is 12.1 Å². The van der Waals surface area contributed by atoms with Crippen molar-refractivity contribution in [1.29, 1.82) is 0 Å². The van der Waals surface area contributed by atoms with Crippen LogP contribution in [0.2, 0.25) is 0 Å². The second-order valence-electron chi connectivity index (χ2n) is 8.52. The van der Waals surface area contributed by atoms with Gasteiger partial charge in [-0.3, -0.25) is 9.59 Å². The van der Waals surface area contributed by atoms with Crippen LogP contribution < -0.4 is 14.8 Å². The number of hydrogen-bond acceptors (Lipinski definition) is 7. The third-order valence-corrected chi connectivity index (χ3v) is 6.07. The third kappa shape index (κ3) is 6.79. The lowest BCUT2D eigenvalue weighted by molar-refractivity contribution is -0.153. The van der Waals surface area contributed by atoms with E-state index >= 15 is 0 Å². The molecule has 8 nitrogen and oxygen atoms in total. The molecule has 2 aromatic rings. The van der Waals surface area contributed by atoms with Gasteiger partial charge < -0.3 is 19.5 Å². The molecule has 1 N–H and O–H groups in total. The van der Waals surface area contributed by atoms with E-state index in [1.165, 1.54) is 31.9 Å². The van der Waals surface area contributed by atoms with Crippen molar-refractivity contribution >= 4 is 17.8 Å². The van der Waals surface area contributed by atoms with Crippen molar-refractivity contribution < 1.29 is 28.6 Å². The van der Waals surface area contributed by atoms with Crippen LogP contribution in [0.25, 0.3) is 0 Å². The molecule has 1 aromatic heterocycles. The fourth-order valence-corrected chi connectivity index (χ4v) is 4.20. The first-order chi connectivity index (χ1) is 16.4. The zero-order valence-corrected chi connectivity index (χ0v) is 19.9. The Kier molecular flexibility index (Phi) is 9.01. The van der Waals surface area contributed by atoms with Crippen molar-refractivity contribution in [3.8, 4) is 11.5 Å². The summed E-state index contributed by atoms with van der Waals surface area (Å²) < 4.78 is 16.1. The fourth-order valence-electron chi connectivity index (χ4n) is 4.20. The Morgan fingerprint density at radius 1 is 1.15 bits per heavy atom. The van der Waals surface area contributed by atoms with Crippen molar-refractivity contribution in [2.24, 2.45) is 5.92 Å². The highest BCUT2D eigenvalue weighted by Crippen LogP contribution is 2.30. The molecular formula is C26H32N2O6. The summed E-state index contributed by atoms with van der Waals surface area (Å²) >= 11 is 0. The van der Waals surface area contributed by atoms with Crippen LogP contribution in [0.15, 0.2) is 42.6 Å². The molecular weight excluding hydrogens is 436 g/mol. The molecule has 0 saturated carbocycles. The molecule has 0 aliphatic carbocycles. The number of nitrogens with zero attached hydrogens (tertiary/aromatic N) is 1. The molecule has 182 valence electrons. The van der Waals surface area contributed by atoms with E-state index in [1.807, 2.05) is 25.1 Å². The molecule has 2 heterocycles. The summed E-state index contributed by atoms with van der Waals surface area (Å²) in [6.45, 7) is 3.14. The maximum absolute atomic E-state index is 13.0. The Morgan fingerprint density at radius 3 is 2.59 bits per heavy atom. The molecule has 0 spiro atoms. The number of aromatic nitrogens is 1. The number of hydrogen-bond donors (Lipinski definition) is 1. The minimum atomic E-state index is -0.819. The van der Waals surface area contributed by atoms with E-state index in [0.29, 0.717) is 6.42 Å². The minimum Gasteiger partial charge on any atom is -0.493 e. The van der Waals surface area contributed by atoms with Crippen molar-refractivity contribution in [3.05, 3.63) is 53.9 Å². The molecule has 1 saturated heterocycles. The molecule has 34 heavy (non-hydrogen) atoms. The van der Waals surface area contributed by atoms with Gasteiger partial charge in [-0.25, -0.2) is 9.78 Å². The van der Waals surface area contributed by atoms with E-state index in [2.05, 4.69) is 22.4 Å². The van der Waals surface area contributed by atoms with Gasteiger partial charge in [-0.1, -0.05) is 43.2 Å². The summed E-state index contributed by atoms with van der Waals surface area (Å²) in [5.74, 6) is -1.36. The number of esters is 2. The van der Waals surface area contributed by atoms with Crippen LogP contribution >= 0.6 is 0 Å². The summed E-state index contributed by atoms with van der Waals surface area (Å²) in [6, 6.07) is 10.9. The number of carbonyl (C=O) groups is 3. The van der Waals surface area contributed by atoms with Crippen LogP contribution in [0.1, 0.15) is 62.0 Å². The number of ether oxygens (including phenoxy) is 3. The quantitative estimate of drug-likeness (QED) is 0.615. The summed E-state index contributed by atoms with van der Waals surface area (Å²) in [5.41, 5.74) is 1.14. The zero-order valence-electron chi connectivity index (χ0n) is 19.9. The second kappa shape index (κ2) is 12.2. The highest BCUT2D eigenvalue weighted by molar-refractivity contribution is 5.98. The van der Waals surface area contributed by atoms with Crippen LogP contribution in [0.3, 0.4) is 0 Å². The number of amides is 1. The van der Waals surface area contributed by atoms with Gasteiger partial charge in [0.2, 0.25) is 5.75 Å². The maximum atomic E-state index is 13.0. The summed E-state index contributed by atoms with van der Waals surface area (Å²) in [5, 5.41) is 2.72. The van der Waals surface area contributed by atoms with Crippen LogP contribution in [-0.4, -0.2) is 42.1 Å². The second-order valence-corrected chi connectivity index (χ2v) is 8.52. The number of nitrogens with one attached hydrogen (secondary N) is 1. The first-order valence-corrected chi connectivity index (χ1v) is 11.7. The minimum absolute atomic E-state index is 0.0826. The molecule has 3 atom stereocenters. The van der Waals surface area contributed by atoms with Crippen molar-refractivity contribution in [2.45, 2.75) is 64.5 Å². The Bertz CT molecular complexity index is 994. The standard InChI is InChI=1S/C26H32N2O6/c1-17-20(14-13-19-9-5-4-6-10-19)11-7-8-12-21(26(31)33-17)28-25(30)23-24(34-18(2)29)22(32-3)15-16-27-23/h4-6,9-10,15-17,20-21H,7-8,11-14H2,1-3H3,(H,28,30)/t17-,20-,21-/m0/s1. The zero-order chi connectivity index (χ0) is 24.5. The largest absolute Gasteiger partial charge is 0.493 e. The smallest absolute Gasteiger partial charge is 0.328 e. The average molecular weight is 469 g/mol. The predicted molar refractivity (Wildman–Crippen MR) is 126 cm³/mol. The Hall–Kier alpha value is -3.42. The van der Waals surface area contributed by atoms with Crippen molar-refractivity contribution in [3.63, 3.8) is 0 Å². The topological polar surface area (TPSA) is 104 Å². The molecule has 1 amide bonds. The lowest BCUT2D eigenvalue weighted by atomic mass is 9.90. The number of cyclic esters (lactones) is 1. The van der Waals surface area contributed by atoms with Crippen molar-refractivity contribution in [2.75, 3.05) is 7.11 Å². The van der Waals surface area contributed by atoms with Crippen LogP contribution in [0.4, 0.5) is 0 Å². The van der Waals surface area contributed by atoms with Gasteiger partial charge in [0.05, 0.1) is 7.11 Å². The van der Waals surface area contributed by atoms with Gasteiger partial charge >= 0.3 is 11.9 Å². The number of aryl methyl sites for hydroxylation is 1. The highest BCUT2D eigenvalue weighted by atomic mass is 16.6. The first kappa shape index (κ1) is 25.2. The molecule has 8 heteroatoms. The lowest BCUT2D eigenvalue weighted by Crippen LogP contribution is -2.43. The van der Waals surface area contributed by atoms with Gasteiger partial charge in [0.15, 0.2) is 11.4 Å². The van der Waals surface area contributed by atoms with Crippen LogP contribution in [-0.2, 0) is 20.7 Å². The summed E-state index contributed by atoms with van der Waals surface area (Å²) in [4.78, 5) is 41.5. The molecule has 0 radical (unpaired) electrons. The molecule has 1 aromatic carbocycles. The Morgan fingerprint density at radius 2 is 1.88 bits per heavy atom. The van der Waals surface area contributed by atoms with E-state index in [-0.39, 0.29) is 29.2 Å². The molecule has 1 aliphatic heterocycles. The van der Waals surface area contributed by atoms with Gasteiger partial charge in [0, 0.05) is 19.2 Å². The number of benzene rings is 1. The average Bonchev–Trinajstić information content (AvgIpc) is 2.88. The van der Waals surface area contributed by atoms with Gasteiger partial charge in [0.25, 0.3) is 5.91 Å². The summed E-state index contributed by atoms with van der Waals surface area (Å²) in [6.07, 6.45) is 6.08. The van der Waals surface area contributed by atoms with Gasteiger partial charge in [-0.05, 0) is 44.1 Å². The molecule has 1 fully saturated rings. The van der Waals surface area contributed by atoms with Crippen molar-refractivity contribution in [1.82, 2.24) is 10.3 Å². The maximum Gasteiger partial charge on any atom is 0.328 e. The first-order valence-electron chi connectivity index (χ1n) is 11.7. The molecule has 0 bridgehead atoms. The molecule has 0 unspecified atom stereocenters. The predicted octanol–water partition coefficient (Wildman–Crippen LogP) is 3.87. The lowest BCUT2D eigenvalue weighted by Gasteiger charge is -2.24. The number of carbonyl (C=O) groups excluding carboxylic acids is 3.